The van der Waals surface area contributed by atoms with E-state index in [4.69, 9.17) is 10.5 Å². The number of morpholine rings is 1. The average molecular weight is 282 g/mol. The third-order valence-corrected chi connectivity index (χ3v) is 2.81. The fourth-order valence-corrected chi connectivity index (χ4v) is 1.94. The summed E-state index contributed by atoms with van der Waals surface area (Å²) in [6.07, 6.45) is 1.51. The van der Waals surface area contributed by atoms with E-state index in [1.165, 1.54) is 18.3 Å². The van der Waals surface area contributed by atoms with Crippen molar-refractivity contribution in [2.45, 2.75) is 0 Å². The second kappa shape index (κ2) is 6.44. The van der Waals surface area contributed by atoms with Crippen LogP contribution in [-0.2, 0) is 4.74 Å². The Morgan fingerprint density at radius 2 is 2.21 bits per heavy atom. The Kier molecular flexibility index (Phi) is 4.64. The van der Waals surface area contributed by atoms with Gasteiger partial charge >= 0.3 is 0 Å². The molecule has 1 heterocycles. The number of hydrogen-bond donors (Lipinski definition) is 2. The second-order valence-corrected chi connectivity index (χ2v) is 4.48. The molecule has 0 bridgehead atoms. The summed E-state index contributed by atoms with van der Waals surface area (Å²) in [6.45, 7) is 2.88. The molecule has 0 atom stereocenters. The fourth-order valence-electron chi connectivity index (χ4n) is 1.89. The Labute approximate surface area is 116 Å². The molecule has 0 aromatic heterocycles. The molecule has 3 N–H and O–H groups in total. The molecule has 0 amide bonds. The largest absolute Gasteiger partial charge is 0.378 e. The smallest absolute Gasteiger partial charge is 0.184 e. The Morgan fingerprint density at radius 3 is 2.89 bits per heavy atom. The lowest BCUT2D eigenvalue weighted by atomic mass is 10.1. The Balaban J connectivity index is 2.21. The van der Waals surface area contributed by atoms with Crippen LogP contribution in [0.15, 0.2) is 23.3 Å². The second-order valence-electron chi connectivity index (χ2n) is 4.04. The van der Waals surface area contributed by atoms with Gasteiger partial charge in [-0.3, -0.25) is 5.43 Å². The van der Waals surface area contributed by atoms with E-state index in [1.54, 1.807) is 6.07 Å². The van der Waals surface area contributed by atoms with Gasteiger partial charge in [0.15, 0.2) is 5.11 Å². The Hall–Kier alpha value is -1.73. The van der Waals surface area contributed by atoms with Crippen molar-refractivity contribution in [3.05, 3.63) is 29.6 Å². The number of nitrogens with one attached hydrogen (secondary N) is 1. The third kappa shape index (κ3) is 3.87. The van der Waals surface area contributed by atoms with Gasteiger partial charge in [-0.25, -0.2) is 4.39 Å². The molecule has 0 unspecified atom stereocenters. The molecule has 1 aromatic rings. The molecule has 1 aromatic carbocycles. The van der Waals surface area contributed by atoms with E-state index in [-0.39, 0.29) is 10.9 Å². The molecule has 1 aliphatic rings. The summed E-state index contributed by atoms with van der Waals surface area (Å²) in [7, 11) is 0. The number of ether oxygens (including phenoxy) is 1. The van der Waals surface area contributed by atoms with Crippen molar-refractivity contribution in [2.24, 2.45) is 10.8 Å². The van der Waals surface area contributed by atoms with Gasteiger partial charge in [0, 0.05) is 24.3 Å². The van der Waals surface area contributed by atoms with Crippen LogP contribution in [0.5, 0.6) is 0 Å². The number of rotatable bonds is 3. The number of hydrazone groups is 1. The van der Waals surface area contributed by atoms with Gasteiger partial charge in [0.25, 0.3) is 0 Å². The number of nitrogens with two attached hydrogens (primary N) is 1. The third-order valence-electron chi connectivity index (χ3n) is 2.72. The first-order valence-electron chi connectivity index (χ1n) is 5.87. The number of thiocarbonyl (C=S) groups is 1. The molecule has 5 nitrogen and oxygen atoms in total. The van der Waals surface area contributed by atoms with Crippen LogP contribution >= 0.6 is 12.2 Å². The minimum Gasteiger partial charge on any atom is -0.378 e. The number of halogens is 1. The van der Waals surface area contributed by atoms with Gasteiger partial charge < -0.3 is 15.4 Å². The summed E-state index contributed by atoms with van der Waals surface area (Å²) in [4.78, 5) is 2.13. The highest BCUT2D eigenvalue weighted by Gasteiger charge is 2.14. The predicted molar refractivity (Wildman–Crippen MR) is 76.9 cm³/mol. The maximum Gasteiger partial charge on any atom is 0.184 e. The van der Waals surface area contributed by atoms with E-state index in [0.717, 1.165) is 18.8 Å². The van der Waals surface area contributed by atoms with E-state index >= 15 is 0 Å². The monoisotopic (exact) mass is 282 g/mol. The van der Waals surface area contributed by atoms with Gasteiger partial charge in [0.05, 0.1) is 19.4 Å². The maximum absolute atomic E-state index is 13.3. The highest BCUT2D eigenvalue weighted by atomic mass is 32.1. The van der Waals surface area contributed by atoms with Gasteiger partial charge in [-0.2, -0.15) is 5.10 Å². The minimum absolute atomic E-state index is 0.0700. The summed E-state index contributed by atoms with van der Waals surface area (Å²) in [5, 5.41) is 3.94. The highest BCUT2D eigenvalue weighted by Crippen LogP contribution is 2.21. The first-order chi connectivity index (χ1) is 9.16. The van der Waals surface area contributed by atoms with Crippen LogP contribution in [0.4, 0.5) is 10.1 Å². The van der Waals surface area contributed by atoms with Gasteiger partial charge in [0.2, 0.25) is 0 Å². The SMILES string of the molecule is NC(=S)NN=Cc1cc(F)ccc1N1CCOCC1. The van der Waals surface area contributed by atoms with Gasteiger partial charge in [-0.1, -0.05) is 0 Å². The first kappa shape index (κ1) is 13.7. The predicted octanol–water partition coefficient (Wildman–Crippen LogP) is 0.829. The molecule has 0 spiro atoms. The van der Waals surface area contributed by atoms with Crippen LogP contribution in [0.3, 0.4) is 0 Å². The van der Waals surface area contributed by atoms with Crippen molar-refractivity contribution < 1.29 is 9.13 Å². The van der Waals surface area contributed by atoms with E-state index in [0.29, 0.717) is 18.8 Å². The molecule has 19 heavy (non-hydrogen) atoms. The standard InChI is InChI=1S/C12H15FN4OS/c13-10-1-2-11(17-3-5-18-6-4-17)9(7-10)8-15-16-12(14)19/h1-2,7-8H,3-6H2,(H3,14,16,19). The zero-order valence-electron chi connectivity index (χ0n) is 10.3. The van der Waals surface area contributed by atoms with Gasteiger partial charge in [-0.15, -0.1) is 0 Å². The van der Waals surface area contributed by atoms with Crippen molar-refractivity contribution in [1.82, 2.24) is 5.43 Å². The van der Waals surface area contributed by atoms with E-state index < -0.39 is 0 Å². The minimum atomic E-state index is -0.311. The summed E-state index contributed by atoms with van der Waals surface area (Å²) >= 11 is 4.65. The molecule has 0 aliphatic carbocycles. The van der Waals surface area contributed by atoms with Crippen LogP contribution in [0, 0.1) is 5.82 Å². The summed E-state index contributed by atoms with van der Waals surface area (Å²) in [5.41, 5.74) is 9.32. The molecule has 1 saturated heterocycles. The zero-order chi connectivity index (χ0) is 13.7. The fraction of sp³-hybridized carbons (Fsp3) is 0.333. The molecule has 2 rings (SSSR count). The molecule has 7 heteroatoms. The van der Waals surface area contributed by atoms with Gasteiger partial charge in [-0.05, 0) is 30.4 Å². The van der Waals surface area contributed by atoms with E-state index in [1.807, 2.05) is 0 Å². The van der Waals surface area contributed by atoms with Crippen molar-refractivity contribution in [3.8, 4) is 0 Å². The maximum atomic E-state index is 13.3. The zero-order valence-corrected chi connectivity index (χ0v) is 11.1. The highest BCUT2D eigenvalue weighted by molar-refractivity contribution is 7.80. The molecular formula is C12H15FN4OS. The Bertz CT molecular complexity index is 489. The summed E-state index contributed by atoms with van der Waals surface area (Å²) in [6, 6.07) is 4.60. The number of hydrogen-bond acceptors (Lipinski definition) is 4. The lowest BCUT2D eigenvalue weighted by Crippen LogP contribution is -2.36. The van der Waals surface area contributed by atoms with E-state index in [2.05, 4.69) is 27.6 Å². The van der Waals surface area contributed by atoms with Gasteiger partial charge in [0.1, 0.15) is 5.82 Å². The van der Waals surface area contributed by atoms with Crippen molar-refractivity contribution in [2.75, 3.05) is 31.2 Å². The topological polar surface area (TPSA) is 62.9 Å². The van der Waals surface area contributed by atoms with Crippen LogP contribution in [0.25, 0.3) is 0 Å². The summed E-state index contributed by atoms with van der Waals surface area (Å²) < 4.78 is 18.6. The average Bonchev–Trinajstić information content (AvgIpc) is 2.39. The molecular weight excluding hydrogens is 267 g/mol. The number of anilines is 1. The molecule has 1 aliphatic heterocycles. The normalized spacial score (nSPS) is 15.7. The Morgan fingerprint density at radius 1 is 1.47 bits per heavy atom. The van der Waals surface area contributed by atoms with Crippen molar-refractivity contribution >= 4 is 29.2 Å². The molecule has 0 radical (unpaired) electrons. The first-order valence-corrected chi connectivity index (χ1v) is 6.28. The van der Waals surface area contributed by atoms with Crippen LogP contribution < -0.4 is 16.1 Å². The van der Waals surface area contributed by atoms with Crippen LogP contribution in [0.2, 0.25) is 0 Å². The lowest BCUT2D eigenvalue weighted by molar-refractivity contribution is 0.122. The van der Waals surface area contributed by atoms with Crippen LogP contribution in [0.1, 0.15) is 5.56 Å². The molecule has 102 valence electrons. The van der Waals surface area contributed by atoms with Crippen molar-refractivity contribution in [3.63, 3.8) is 0 Å². The molecule has 0 saturated carbocycles. The van der Waals surface area contributed by atoms with Crippen LogP contribution in [-0.4, -0.2) is 37.6 Å². The van der Waals surface area contributed by atoms with E-state index in [9.17, 15) is 4.39 Å². The lowest BCUT2D eigenvalue weighted by Gasteiger charge is -2.30. The van der Waals surface area contributed by atoms with Crippen molar-refractivity contribution in [1.29, 1.82) is 0 Å². The number of benzene rings is 1. The molecule has 1 fully saturated rings. The number of nitrogens with zero attached hydrogens (tertiary/aromatic N) is 2. The summed E-state index contributed by atoms with van der Waals surface area (Å²) in [5.74, 6) is -0.311. The quantitative estimate of drug-likeness (QED) is 0.488.